The van der Waals surface area contributed by atoms with Gasteiger partial charge in [-0.3, -0.25) is 4.79 Å². The number of rotatable bonds is 5. The Morgan fingerprint density at radius 2 is 1.96 bits per heavy atom. The lowest BCUT2D eigenvalue weighted by Crippen LogP contribution is -2.19. The van der Waals surface area contributed by atoms with Crippen molar-refractivity contribution in [1.29, 1.82) is 0 Å². The molecule has 0 saturated heterocycles. The van der Waals surface area contributed by atoms with Crippen LogP contribution in [-0.4, -0.2) is 30.8 Å². The van der Waals surface area contributed by atoms with Crippen molar-refractivity contribution >= 4 is 29.3 Å². The second-order valence-corrected chi connectivity index (χ2v) is 6.00. The fourth-order valence-electron chi connectivity index (χ4n) is 2.12. The number of fused-ring (bicyclic) bond motifs is 1. The lowest BCUT2D eigenvalue weighted by Gasteiger charge is -2.16. The fraction of sp³-hybridized carbons (Fsp3) is 0.176. The Kier molecular flexibility index (Phi) is 5.00. The topological polar surface area (TPSA) is 64.6 Å². The quantitative estimate of drug-likeness (QED) is 0.665. The molecule has 3 rings (SSSR count). The molecule has 5 nitrogen and oxygen atoms in total. The molecule has 0 aliphatic carbocycles. The molecule has 0 aromatic heterocycles. The Morgan fingerprint density at radius 1 is 1.17 bits per heavy atom. The molecule has 1 heterocycles. The zero-order valence-corrected chi connectivity index (χ0v) is 13.4. The number of ether oxygens (including phenoxy) is 2. The predicted octanol–water partition coefficient (Wildman–Crippen LogP) is 3.11. The number of hydrogen-bond donors (Lipinski definition) is 1. The molecule has 1 aliphatic rings. The van der Waals surface area contributed by atoms with Crippen molar-refractivity contribution in [2.75, 3.05) is 24.3 Å². The molecule has 124 valence electrons. The molecule has 0 fully saturated rings. The number of nitrogens with one attached hydrogen (secondary N) is 1. The van der Waals surface area contributed by atoms with Crippen LogP contribution >= 0.6 is 11.8 Å². The first-order valence-corrected chi connectivity index (χ1v) is 8.22. The Bertz CT molecular complexity index is 764. The van der Waals surface area contributed by atoms with Gasteiger partial charge in [-0.25, -0.2) is 9.18 Å². The Morgan fingerprint density at radius 3 is 2.75 bits per heavy atom. The molecule has 2 aromatic carbocycles. The van der Waals surface area contributed by atoms with Gasteiger partial charge in [0, 0.05) is 4.90 Å². The highest BCUT2D eigenvalue weighted by Crippen LogP contribution is 2.32. The molecule has 0 bridgehead atoms. The lowest BCUT2D eigenvalue weighted by atomic mass is 10.2. The van der Waals surface area contributed by atoms with Crippen molar-refractivity contribution in [1.82, 2.24) is 0 Å². The summed E-state index contributed by atoms with van der Waals surface area (Å²) < 4.78 is 23.2. The monoisotopic (exact) mass is 347 g/mol. The van der Waals surface area contributed by atoms with E-state index < -0.39 is 5.97 Å². The molecule has 0 atom stereocenters. The van der Waals surface area contributed by atoms with E-state index in [0.717, 1.165) is 4.90 Å². The maximum absolute atomic E-state index is 12.8. The van der Waals surface area contributed by atoms with Crippen LogP contribution < -0.4 is 10.1 Å². The summed E-state index contributed by atoms with van der Waals surface area (Å²) in [7, 11) is 0. The second kappa shape index (κ2) is 7.35. The molecule has 24 heavy (non-hydrogen) atoms. The van der Waals surface area contributed by atoms with E-state index in [2.05, 4.69) is 5.32 Å². The van der Waals surface area contributed by atoms with E-state index in [0.29, 0.717) is 22.8 Å². The first kappa shape index (κ1) is 16.3. The summed E-state index contributed by atoms with van der Waals surface area (Å²) in [5.74, 6) is -0.0548. The highest BCUT2D eigenvalue weighted by molar-refractivity contribution is 8.00. The minimum Gasteiger partial charge on any atom is -0.490 e. The van der Waals surface area contributed by atoms with Gasteiger partial charge in [0.15, 0.2) is 0 Å². The Balaban J connectivity index is 1.51. The third-order valence-electron chi connectivity index (χ3n) is 3.25. The molecule has 7 heteroatoms. The van der Waals surface area contributed by atoms with E-state index in [1.165, 1.54) is 36.0 Å². The zero-order chi connectivity index (χ0) is 16.9. The Hall–Kier alpha value is -2.54. The number of carbonyl (C=O) groups excluding carboxylic acids is 2. The highest BCUT2D eigenvalue weighted by Gasteiger charge is 2.17. The average Bonchev–Trinajstić information content (AvgIpc) is 2.59. The largest absolute Gasteiger partial charge is 0.490 e. The summed E-state index contributed by atoms with van der Waals surface area (Å²) in [5, 5.41) is 2.73. The molecular formula is C17H14FNO4S. The number of hydrogen-bond acceptors (Lipinski definition) is 5. The van der Waals surface area contributed by atoms with Gasteiger partial charge in [-0.05, 0) is 42.5 Å². The molecule has 2 aromatic rings. The normalized spacial score (nSPS) is 13.0. The summed E-state index contributed by atoms with van der Waals surface area (Å²) in [4.78, 5) is 24.3. The van der Waals surface area contributed by atoms with Crippen molar-refractivity contribution in [2.24, 2.45) is 0 Å². The van der Waals surface area contributed by atoms with Crippen LogP contribution in [0.5, 0.6) is 5.75 Å². The van der Waals surface area contributed by atoms with E-state index in [-0.39, 0.29) is 24.9 Å². The predicted molar refractivity (Wildman–Crippen MR) is 88.0 cm³/mol. The van der Waals surface area contributed by atoms with Gasteiger partial charge in [0.25, 0.3) is 0 Å². The van der Waals surface area contributed by atoms with Crippen LogP contribution in [0.25, 0.3) is 0 Å². The third-order valence-corrected chi connectivity index (χ3v) is 4.32. The van der Waals surface area contributed by atoms with E-state index in [9.17, 15) is 14.0 Å². The summed E-state index contributed by atoms with van der Waals surface area (Å²) >= 11 is 1.43. The van der Waals surface area contributed by atoms with Crippen molar-refractivity contribution in [3.8, 4) is 5.75 Å². The van der Waals surface area contributed by atoms with Gasteiger partial charge in [0.1, 0.15) is 24.8 Å². The van der Waals surface area contributed by atoms with Crippen LogP contribution in [-0.2, 0) is 9.53 Å². The highest BCUT2D eigenvalue weighted by atomic mass is 32.2. The van der Waals surface area contributed by atoms with Gasteiger partial charge in [-0.2, -0.15) is 0 Å². The lowest BCUT2D eigenvalue weighted by molar-refractivity contribution is -0.113. The molecule has 0 unspecified atom stereocenters. The summed E-state index contributed by atoms with van der Waals surface area (Å²) in [5.41, 5.74) is 0.978. The SMILES string of the molecule is O=C1CSc2ccc(C(=O)OCCOc3ccc(F)cc3)cc2N1. The minimum absolute atomic E-state index is 0.0639. The summed E-state index contributed by atoms with van der Waals surface area (Å²) in [6.07, 6.45) is 0. The summed E-state index contributed by atoms with van der Waals surface area (Å²) in [6.45, 7) is 0.226. The average molecular weight is 347 g/mol. The number of esters is 1. The second-order valence-electron chi connectivity index (χ2n) is 4.99. The molecule has 1 N–H and O–H groups in total. The Labute approximate surface area is 142 Å². The van der Waals surface area contributed by atoms with E-state index >= 15 is 0 Å². The number of thioether (sulfide) groups is 1. The molecule has 0 saturated carbocycles. The number of amides is 1. The van der Waals surface area contributed by atoms with Gasteiger partial charge in [-0.15, -0.1) is 11.8 Å². The van der Waals surface area contributed by atoms with Crippen LogP contribution in [0.2, 0.25) is 0 Å². The zero-order valence-electron chi connectivity index (χ0n) is 12.6. The number of halogens is 1. The van der Waals surface area contributed by atoms with Gasteiger partial charge in [0.05, 0.1) is 17.0 Å². The van der Waals surface area contributed by atoms with Crippen LogP contribution in [0.15, 0.2) is 47.4 Å². The molecule has 1 aliphatic heterocycles. The van der Waals surface area contributed by atoms with E-state index in [1.807, 2.05) is 0 Å². The number of anilines is 1. The first-order valence-electron chi connectivity index (χ1n) is 7.24. The van der Waals surface area contributed by atoms with Crippen LogP contribution in [0.1, 0.15) is 10.4 Å². The minimum atomic E-state index is -0.495. The van der Waals surface area contributed by atoms with Crippen molar-refractivity contribution in [2.45, 2.75) is 4.90 Å². The van der Waals surface area contributed by atoms with Crippen molar-refractivity contribution in [3.05, 3.63) is 53.8 Å². The summed E-state index contributed by atoms with van der Waals surface area (Å²) in [6, 6.07) is 10.6. The third kappa shape index (κ3) is 4.05. The van der Waals surface area contributed by atoms with Crippen molar-refractivity contribution in [3.63, 3.8) is 0 Å². The van der Waals surface area contributed by atoms with Crippen molar-refractivity contribution < 1.29 is 23.5 Å². The smallest absolute Gasteiger partial charge is 0.338 e. The number of carbonyl (C=O) groups is 2. The van der Waals surface area contributed by atoms with E-state index in [1.54, 1.807) is 18.2 Å². The standard InChI is InChI=1S/C17H14FNO4S/c18-12-2-4-13(5-3-12)22-7-8-23-17(21)11-1-6-15-14(9-11)19-16(20)10-24-15/h1-6,9H,7-8,10H2,(H,19,20). The van der Waals surface area contributed by atoms with Gasteiger partial charge >= 0.3 is 5.97 Å². The molecular weight excluding hydrogens is 333 g/mol. The van der Waals surface area contributed by atoms with Crippen LogP contribution in [0, 0.1) is 5.82 Å². The van der Waals surface area contributed by atoms with Gasteiger partial charge < -0.3 is 14.8 Å². The van der Waals surface area contributed by atoms with Gasteiger partial charge in [0.2, 0.25) is 5.91 Å². The van der Waals surface area contributed by atoms with E-state index in [4.69, 9.17) is 9.47 Å². The molecule has 1 amide bonds. The maximum atomic E-state index is 12.8. The molecule has 0 radical (unpaired) electrons. The van der Waals surface area contributed by atoms with Gasteiger partial charge in [-0.1, -0.05) is 0 Å². The molecule has 0 spiro atoms. The maximum Gasteiger partial charge on any atom is 0.338 e. The fourth-order valence-corrected chi connectivity index (χ4v) is 2.91. The van der Waals surface area contributed by atoms with Crippen LogP contribution in [0.4, 0.5) is 10.1 Å². The number of benzene rings is 2. The van der Waals surface area contributed by atoms with Crippen LogP contribution in [0.3, 0.4) is 0 Å². The first-order chi connectivity index (χ1) is 11.6.